The first-order valence-electron chi connectivity index (χ1n) is 5.21. The minimum absolute atomic E-state index is 0.110. The number of carboxylic acid groups (broad SMARTS) is 1. The van der Waals surface area contributed by atoms with Crippen LogP contribution in [0.3, 0.4) is 0 Å². The SMILES string of the molecule is COc1ccc(F)cc1C(C)N(C)CC(=O)O. The number of nitrogens with zero attached hydrogens (tertiary/aromatic N) is 1. The van der Waals surface area contributed by atoms with Crippen molar-refractivity contribution < 1.29 is 19.0 Å². The van der Waals surface area contributed by atoms with Gasteiger partial charge in [-0.1, -0.05) is 0 Å². The van der Waals surface area contributed by atoms with Crippen LogP contribution >= 0.6 is 0 Å². The van der Waals surface area contributed by atoms with Gasteiger partial charge in [0.05, 0.1) is 13.7 Å². The van der Waals surface area contributed by atoms with Gasteiger partial charge in [-0.3, -0.25) is 9.69 Å². The van der Waals surface area contributed by atoms with Gasteiger partial charge in [-0.2, -0.15) is 0 Å². The summed E-state index contributed by atoms with van der Waals surface area (Å²) in [4.78, 5) is 12.2. The highest BCUT2D eigenvalue weighted by Gasteiger charge is 2.18. The second kappa shape index (κ2) is 5.63. The average Bonchev–Trinajstić information content (AvgIpc) is 2.27. The first-order valence-corrected chi connectivity index (χ1v) is 5.21. The molecule has 0 spiro atoms. The number of likely N-dealkylation sites (N-methyl/N-ethyl adjacent to an activating group) is 1. The Balaban J connectivity index is 2.97. The Morgan fingerprint density at radius 3 is 2.76 bits per heavy atom. The molecule has 1 rings (SSSR count). The largest absolute Gasteiger partial charge is 0.496 e. The van der Waals surface area contributed by atoms with E-state index in [2.05, 4.69) is 0 Å². The van der Waals surface area contributed by atoms with Crippen LogP contribution in [-0.2, 0) is 4.79 Å². The molecule has 1 aromatic rings. The molecule has 0 aliphatic rings. The molecule has 0 aliphatic heterocycles. The fraction of sp³-hybridized carbons (Fsp3) is 0.417. The van der Waals surface area contributed by atoms with Crippen molar-refractivity contribution in [3.63, 3.8) is 0 Å². The molecule has 4 nitrogen and oxygen atoms in total. The minimum Gasteiger partial charge on any atom is -0.496 e. The van der Waals surface area contributed by atoms with Gasteiger partial charge in [0.2, 0.25) is 0 Å². The maximum absolute atomic E-state index is 13.2. The maximum atomic E-state index is 13.2. The number of rotatable bonds is 5. The molecule has 1 atom stereocenters. The van der Waals surface area contributed by atoms with Gasteiger partial charge in [-0.05, 0) is 32.2 Å². The number of ether oxygens (including phenoxy) is 1. The van der Waals surface area contributed by atoms with Gasteiger partial charge >= 0.3 is 5.97 Å². The summed E-state index contributed by atoms with van der Waals surface area (Å²) in [7, 11) is 3.17. The molecule has 5 heteroatoms. The van der Waals surface area contributed by atoms with E-state index in [4.69, 9.17) is 9.84 Å². The predicted octanol–water partition coefficient (Wildman–Crippen LogP) is 1.91. The lowest BCUT2D eigenvalue weighted by atomic mass is 10.1. The van der Waals surface area contributed by atoms with Crippen LogP contribution in [0.4, 0.5) is 4.39 Å². The van der Waals surface area contributed by atoms with Gasteiger partial charge < -0.3 is 9.84 Å². The summed E-state index contributed by atoms with van der Waals surface area (Å²) in [6, 6.07) is 3.97. The summed E-state index contributed by atoms with van der Waals surface area (Å²) in [6.07, 6.45) is 0. The van der Waals surface area contributed by atoms with Gasteiger partial charge in [0, 0.05) is 11.6 Å². The molecular weight excluding hydrogens is 225 g/mol. The smallest absolute Gasteiger partial charge is 0.317 e. The lowest BCUT2D eigenvalue weighted by molar-refractivity contribution is -0.138. The molecule has 0 radical (unpaired) electrons. The zero-order valence-corrected chi connectivity index (χ0v) is 10.1. The Morgan fingerprint density at radius 1 is 1.59 bits per heavy atom. The molecule has 0 aliphatic carbocycles. The molecule has 0 aromatic heterocycles. The molecule has 0 bridgehead atoms. The third kappa shape index (κ3) is 3.42. The highest BCUT2D eigenvalue weighted by atomic mass is 19.1. The standard InChI is InChI=1S/C12H16FNO3/c1-8(14(2)7-12(15)16)10-6-9(13)4-5-11(10)17-3/h4-6,8H,7H2,1-3H3,(H,15,16). The Bertz CT molecular complexity index is 409. The third-order valence-electron chi connectivity index (χ3n) is 2.69. The molecule has 0 saturated heterocycles. The van der Waals surface area contributed by atoms with E-state index in [1.54, 1.807) is 18.9 Å². The molecule has 0 fully saturated rings. The van der Waals surface area contributed by atoms with Gasteiger partial charge in [0.15, 0.2) is 0 Å². The lowest BCUT2D eigenvalue weighted by Crippen LogP contribution is -2.28. The van der Waals surface area contributed by atoms with Gasteiger partial charge in [0.25, 0.3) is 0 Å². The first-order chi connectivity index (χ1) is 7.95. The summed E-state index contributed by atoms with van der Waals surface area (Å²) in [5.74, 6) is -0.734. The van der Waals surface area contributed by atoms with Crippen LogP contribution in [0.2, 0.25) is 0 Å². The molecule has 1 unspecified atom stereocenters. The van der Waals surface area contributed by atoms with Gasteiger partial charge in [0.1, 0.15) is 11.6 Å². The highest BCUT2D eigenvalue weighted by molar-refractivity contribution is 5.69. The number of carboxylic acids is 1. The van der Waals surface area contributed by atoms with Crippen molar-refractivity contribution in [2.45, 2.75) is 13.0 Å². The molecule has 0 amide bonds. The third-order valence-corrected chi connectivity index (χ3v) is 2.69. The van der Waals surface area contributed by atoms with Crippen LogP contribution in [0.25, 0.3) is 0 Å². The van der Waals surface area contributed by atoms with Gasteiger partial charge in [-0.15, -0.1) is 0 Å². The van der Waals surface area contributed by atoms with Crippen LogP contribution in [0.5, 0.6) is 5.75 Å². The Hall–Kier alpha value is -1.62. The van der Waals surface area contributed by atoms with Crippen molar-refractivity contribution in [3.8, 4) is 5.75 Å². The zero-order valence-electron chi connectivity index (χ0n) is 10.1. The number of hydrogen-bond donors (Lipinski definition) is 1. The highest BCUT2D eigenvalue weighted by Crippen LogP contribution is 2.28. The van der Waals surface area contributed by atoms with Crippen LogP contribution in [0.1, 0.15) is 18.5 Å². The number of hydrogen-bond acceptors (Lipinski definition) is 3. The predicted molar refractivity (Wildman–Crippen MR) is 61.6 cm³/mol. The number of carbonyl (C=O) groups is 1. The van der Waals surface area contributed by atoms with Crippen molar-refractivity contribution in [1.29, 1.82) is 0 Å². The summed E-state index contributed by atoms with van der Waals surface area (Å²) in [6.45, 7) is 1.70. The van der Waals surface area contributed by atoms with E-state index < -0.39 is 5.97 Å². The summed E-state index contributed by atoms with van der Waals surface area (Å²) in [5.41, 5.74) is 0.635. The van der Waals surface area contributed by atoms with Crippen molar-refractivity contribution in [2.75, 3.05) is 20.7 Å². The average molecular weight is 241 g/mol. The van der Waals surface area contributed by atoms with E-state index >= 15 is 0 Å². The normalized spacial score (nSPS) is 12.5. The van der Waals surface area contributed by atoms with E-state index in [-0.39, 0.29) is 18.4 Å². The zero-order chi connectivity index (χ0) is 13.0. The quantitative estimate of drug-likeness (QED) is 0.855. The number of aliphatic carboxylic acids is 1. The number of benzene rings is 1. The Morgan fingerprint density at radius 2 is 2.24 bits per heavy atom. The van der Waals surface area contributed by atoms with Crippen LogP contribution in [0.15, 0.2) is 18.2 Å². The fourth-order valence-electron chi connectivity index (χ4n) is 1.62. The molecular formula is C12H16FNO3. The van der Waals surface area contributed by atoms with Crippen LogP contribution in [-0.4, -0.2) is 36.7 Å². The van der Waals surface area contributed by atoms with E-state index in [0.717, 1.165) is 0 Å². The fourth-order valence-corrected chi connectivity index (χ4v) is 1.62. The summed E-state index contributed by atoms with van der Waals surface area (Å²) < 4.78 is 18.3. The molecule has 0 heterocycles. The van der Waals surface area contributed by atoms with E-state index in [0.29, 0.717) is 11.3 Å². The van der Waals surface area contributed by atoms with E-state index in [1.807, 2.05) is 0 Å². The van der Waals surface area contributed by atoms with Crippen molar-refractivity contribution in [2.24, 2.45) is 0 Å². The van der Waals surface area contributed by atoms with Gasteiger partial charge in [-0.25, -0.2) is 4.39 Å². The Labute approximate surface area is 99.6 Å². The maximum Gasteiger partial charge on any atom is 0.317 e. The van der Waals surface area contributed by atoms with Crippen LogP contribution in [0, 0.1) is 5.82 Å². The lowest BCUT2D eigenvalue weighted by Gasteiger charge is -2.24. The molecule has 0 saturated carbocycles. The van der Waals surface area contributed by atoms with E-state index in [1.165, 1.54) is 25.3 Å². The summed E-state index contributed by atoms with van der Waals surface area (Å²) >= 11 is 0. The number of halogens is 1. The second-order valence-corrected chi connectivity index (χ2v) is 3.87. The number of methoxy groups -OCH3 is 1. The molecule has 17 heavy (non-hydrogen) atoms. The monoisotopic (exact) mass is 241 g/mol. The molecule has 1 N–H and O–H groups in total. The van der Waals surface area contributed by atoms with E-state index in [9.17, 15) is 9.18 Å². The van der Waals surface area contributed by atoms with Crippen molar-refractivity contribution >= 4 is 5.97 Å². The summed E-state index contributed by atoms with van der Waals surface area (Å²) in [5, 5.41) is 8.71. The van der Waals surface area contributed by atoms with Crippen molar-refractivity contribution in [1.82, 2.24) is 4.90 Å². The molecule has 1 aromatic carbocycles. The topological polar surface area (TPSA) is 49.8 Å². The molecule has 94 valence electrons. The Kier molecular flexibility index (Phi) is 4.45. The van der Waals surface area contributed by atoms with Crippen molar-refractivity contribution in [3.05, 3.63) is 29.6 Å². The minimum atomic E-state index is -0.922. The van der Waals surface area contributed by atoms with Crippen LogP contribution < -0.4 is 4.74 Å². The first kappa shape index (κ1) is 13.4. The second-order valence-electron chi connectivity index (χ2n) is 3.87.